The molecule has 3 fully saturated rings. The molecule has 3 heterocycles. The summed E-state index contributed by atoms with van der Waals surface area (Å²) in [5.74, 6) is 2.35. The molecule has 4 atom stereocenters. The van der Waals surface area contributed by atoms with E-state index in [9.17, 15) is 9.00 Å². The molecule has 0 radical (unpaired) electrons. The van der Waals surface area contributed by atoms with E-state index in [0.29, 0.717) is 11.9 Å². The number of hydrogen-bond donors (Lipinski definition) is 0. The van der Waals surface area contributed by atoms with Crippen molar-refractivity contribution in [2.75, 3.05) is 18.1 Å². The average molecular weight is 322 g/mol. The number of carbonyl (C=O) groups excluding carboxylic acids is 1. The van der Waals surface area contributed by atoms with Crippen molar-refractivity contribution in [3.63, 3.8) is 0 Å². The van der Waals surface area contributed by atoms with Crippen LogP contribution in [0.1, 0.15) is 46.5 Å². The van der Waals surface area contributed by atoms with Gasteiger partial charge < -0.3 is 9.47 Å². The van der Waals surface area contributed by atoms with Crippen molar-refractivity contribution in [1.82, 2.24) is 0 Å². The quantitative estimate of drug-likeness (QED) is 0.640. The van der Waals surface area contributed by atoms with Crippen molar-refractivity contribution in [3.05, 3.63) is 0 Å². The third-order valence-electron chi connectivity index (χ3n) is 3.30. The summed E-state index contributed by atoms with van der Waals surface area (Å²) in [5.41, 5.74) is 0. The minimum absolute atomic E-state index is 0.0486. The molecule has 6 heteroatoms. The molecular formula is C14H26O4S2. The summed E-state index contributed by atoms with van der Waals surface area (Å²) in [7, 11) is -0.468. The fraction of sp³-hybridized carbons (Fsp3) is 0.929. The lowest BCUT2D eigenvalue weighted by atomic mass is 10.3. The van der Waals surface area contributed by atoms with Crippen LogP contribution in [-0.4, -0.2) is 45.1 Å². The summed E-state index contributed by atoms with van der Waals surface area (Å²) in [6, 6.07) is 0. The van der Waals surface area contributed by atoms with Gasteiger partial charge in [-0.05, 0) is 38.4 Å². The second-order valence-electron chi connectivity index (χ2n) is 5.35. The average Bonchev–Trinajstić information content (AvgIpc) is 3.09. The van der Waals surface area contributed by atoms with Crippen molar-refractivity contribution >= 4 is 28.7 Å². The minimum atomic E-state index is -0.549. The van der Waals surface area contributed by atoms with E-state index in [1.54, 1.807) is 6.92 Å². The summed E-state index contributed by atoms with van der Waals surface area (Å²) in [6.45, 7) is 6.55. The van der Waals surface area contributed by atoms with E-state index in [0.717, 1.165) is 11.0 Å². The molecule has 4 unspecified atom stereocenters. The van der Waals surface area contributed by atoms with Crippen molar-refractivity contribution in [2.45, 2.75) is 63.1 Å². The van der Waals surface area contributed by atoms with E-state index in [2.05, 4.69) is 35.1 Å². The highest BCUT2D eigenvalue weighted by Crippen LogP contribution is 2.24. The zero-order valence-corrected chi connectivity index (χ0v) is 14.3. The highest BCUT2D eigenvalue weighted by atomic mass is 32.2. The Morgan fingerprint density at radius 3 is 2.10 bits per heavy atom. The van der Waals surface area contributed by atoms with E-state index in [1.165, 1.54) is 31.4 Å². The molecule has 0 bridgehead atoms. The van der Waals surface area contributed by atoms with Gasteiger partial charge in [-0.2, -0.15) is 11.8 Å². The van der Waals surface area contributed by atoms with Crippen molar-refractivity contribution in [3.8, 4) is 0 Å². The second-order valence-corrected chi connectivity index (χ2v) is 8.87. The minimum Gasteiger partial charge on any atom is -0.430 e. The molecule has 3 saturated heterocycles. The number of hydrogen-bond acceptors (Lipinski definition) is 5. The maximum Gasteiger partial charge on any atom is 0.508 e. The van der Waals surface area contributed by atoms with Gasteiger partial charge in [0.25, 0.3) is 0 Å². The summed E-state index contributed by atoms with van der Waals surface area (Å²) >= 11 is 2.10. The van der Waals surface area contributed by atoms with Gasteiger partial charge >= 0.3 is 6.16 Å². The fourth-order valence-electron chi connectivity index (χ4n) is 2.00. The first kappa shape index (κ1) is 17.8. The lowest BCUT2D eigenvalue weighted by molar-refractivity contribution is 0.121. The first-order valence-corrected chi connectivity index (χ1v) is 9.74. The number of thioether (sulfide) groups is 1. The molecule has 0 amide bonds. The zero-order valence-electron chi connectivity index (χ0n) is 12.6. The normalized spacial score (nSPS) is 35.2. The molecule has 0 aromatic heterocycles. The van der Waals surface area contributed by atoms with Crippen LogP contribution in [0.25, 0.3) is 0 Å². The molecule has 4 nitrogen and oxygen atoms in total. The Hall–Kier alpha value is -0.230. The van der Waals surface area contributed by atoms with Gasteiger partial charge in [0.1, 0.15) is 12.7 Å². The summed E-state index contributed by atoms with van der Waals surface area (Å²) in [4.78, 5) is 10.0. The van der Waals surface area contributed by atoms with Crippen LogP contribution in [0.15, 0.2) is 0 Å². The summed E-state index contributed by atoms with van der Waals surface area (Å²) in [6.07, 6.45) is 4.65. The van der Waals surface area contributed by atoms with Gasteiger partial charge in [0, 0.05) is 27.1 Å². The Morgan fingerprint density at radius 1 is 1.20 bits per heavy atom. The molecule has 20 heavy (non-hydrogen) atoms. The zero-order chi connectivity index (χ0) is 15.0. The highest BCUT2D eigenvalue weighted by molar-refractivity contribution is 8.00. The standard InChI is InChI=1S/C5H10OS.C5H10S.C4H6O3/c1-5-3-2-4-7(5)6;1-5-3-2-4-6-5;1-3-2-6-4(5)7-3/h5H,2-4H2,1H3;5H,2-4H2,1H3;3H,2H2,1H3. The number of rotatable bonds is 0. The van der Waals surface area contributed by atoms with E-state index >= 15 is 0 Å². The molecule has 0 aromatic carbocycles. The van der Waals surface area contributed by atoms with Crippen LogP contribution < -0.4 is 0 Å². The fourth-order valence-corrected chi connectivity index (χ4v) is 4.35. The van der Waals surface area contributed by atoms with Gasteiger partial charge in [-0.15, -0.1) is 0 Å². The topological polar surface area (TPSA) is 52.6 Å². The highest BCUT2D eigenvalue weighted by Gasteiger charge is 2.19. The second kappa shape index (κ2) is 9.66. The van der Waals surface area contributed by atoms with Gasteiger partial charge in [-0.25, -0.2) is 4.79 Å². The molecule has 3 aliphatic rings. The predicted octanol–water partition coefficient (Wildman–Crippen LogP) is 3.36. The molecule has 0 N–H and O–H groups in total. The van der Waals surface area contributed by atoms with Gasteiger partial charge in [0.05, 0.1) is 0 Å². The van der Waals surface area contributed by atoms with Gasteiger partial charge in [0.2, 0.25) is 0 Å². The van der Waals surface area contributed by atoms with Crippen LogP contribution in [0.5, 0.6) is 0 Å². The molecule has 0 aliphatic carbocycles. The molecular weight excluding hydrogens is 296 g/mol. The van der Waals surface area contributed by atoms with Crippen molar-refractivity contribution in [1.29, 1.82) is 0 Å². The lowest BCUT2D eigenvalue weighted by Crippen LogP contribution is -2.01. The van der Waals surface area contributed by atoms with Gasteiger partial charge in [0.15, 0.2) is 0 Å². The van der Waals surface area contributed by atoms with Crippen LogP contribution in [0.4, 0.5) is 4.79 Å². The number of ether oxygens (including phenoxy) is 2. The Morgan fingerprint density at radius 2 is 1.95 bits per heavy atom. The SMILES string of the molecule is CC1CCCS1.CC1CCCS1=O.CC1COC(=O)O1. The Kier molecular flexibility index (Phi) is 8.61. The third-order valence-corrected chi connectivity index (χ3v) is 6.45. The van der Waals surface area contributed by atoms with Gasteiger partial charge in [-0.1, -0.05) is 13.8 Å². The lowest BCUT2D eigenvalue weighted by Gasteiger charge is -1.92. The molecule has 0 spiro atoms. The molecule has 0 aromatic rings. The van der Waals surface area contributed by atoms with Crippen molar-refractivity contribution < 1.29 is 18.5 Å². The Labute approximate surface area is 128 Å². The number of carbonyl (C=O) groups is 1. The maximum absolute atomic E-state index is 10.7. The largest absolute Gasteiger partial charge is 0.508 e. The first-order chi connectivity index (χ1) is 9.49. The monoisotopic (exact) mass is 322 g/mol. The predicted molar refractivity (Wildman–Crippen MR) is 84.8 cm³/mol. The third kappa shape index (κ3) is 7.53. The summed E-state index contributed by atoms with van der Waals surface area (Å²) < 4.78 is 19.6. The van der Waals surface area contributed by atoms with E-state index < -0.39 is 17.0 Å². The van der Waals surface area contributed by atoms with E-state index in [4.69, 9.17) is 0 Å². The summed E-state index contributed by atoms with van der Waals surface area (Å²) in [5, 5.41) is 1.45. The Balaban J connectivity index is 0.000000151. The molecule has 0 saturated carbocycles. The van der Waals surface area contributed by atoms with Crippen LogP contribution >= 0.6 is 11.8 Å². The maximum atomic E-state index is 10.7. The number of cyclic esters (lactones) is 2. The Bertz CT molecular complexity index is 316. The first-order valence-electron chi connectivity index (χ1n) is 7.31. The smallest absolute Gasteiger partial charge is 0.430 e. The van der Waals surface area contributed by atoms with Crippen LogP contribution in [0.3, 0.4) is 0 Å². The van der Waals surface area contributed by atoms with Crippen LogP contribution in [-0.2, 0) is 20.3 Å². The molecule has 118 valence electrons. The van der Waals surface area contributed by atoms with E-state index in [1.807, 2.05) is 0 Å². The van der Waals surface area contributed by atoms with Crippen LogP contribution in [0, 0.1) is 0 Å². The molecule has 3 aliphatic heterocycles. The molecule has 3 rings (SSSR count). The van der Waals surface area contributed by atoms with Crippen LogP contribution in [0.2, 0.25) is 0 Å². The van der Waals surface area contributed by atoms with Gasteiger partial charge in [-0.3, -0.25) is 4.21 Å². The van der Waals surface area contributed by atoms with Crippen molar-refractivity contribution in [2.24, 2.45) is 0 Å². The van der Waals surface area contributed by atoms with E-state index in [-0.39, 0.29) is 6.10 Å².